The Kier molecular flexibility index (Phi) is 5.85. The summed E-state index contributed by atoms with van der Waals surface area (Å²) in [7, 11) is 0. The Hall–Kier alpha value is -0.610. The minimum atomic E-state index is -0.515. The lowest BCUT2D eigenvalue weighted by atomic mass is 9.79. The summed E-state index contributed by atoms with van der Waals surface area (Å²) >= 11 is 0. The summed E-state index contributed by atoms with van der Waals surface area (Å²) in [6.45, 7) is 6.17. The summed E-state index contributed by atoms with van der Waals surface area (Å²) in [5.41, 5.74) is -0.515. The molecule has 4 nitrogen and oxygen atoms in total. The molecule has 2 aliphatic rings. The monoisotopic (exact) mass is 283 g/mol. The lowest BCUT2D eigenvalue weighted by Crippen LogP contribution is -2.57. The molecule has 0 aromatic rings. The van der Waals surface area contributed by atoms with E-state index in [-0.39, 0.29) is 12.1 Å². The standard InChI is InChI=1S/C16H29NO3/c1-3-10-17-16(15(18)19-4-2)9-5-6-14(11-16)20-12-13-7-8-13/h13-14,17H,3-12H2,1-2H3. The van der Waals surface area contributed by atoms with Gasteiger partial charge >= 0.3 is 5.97 Å². The zero-order valence-corrected chi connectivity index (χ0v) is 13.0. The molecule has 0 radical (unpaired) electrons. The Morgan fingerprint density at radius 1 is 1.30 bits per heavy atom. The first-order chi connectivity index (χ1) is 9.70. The molecule has 0 bridgehead atoms. The molecule has 0 aromatic carbocycles. The van der Waals surface area contributed by atoms with E-state index in [0.29, 0.717) is 6.61 Å². The second-order valence-electron chi connectivity index (χ2n) is 6.22. The van der Waals surface area contributed by atoms with Gasteiger partial charge < -0.3 is 14.8 Å². The third kappa shape index (κ3) is 4.19. The van der Waals surface area contributed by atoms with Gasteiger partial charge in [-0.15, -0.1) is 0 Å². The van der Waals surface area contributed by atoms with Crippen LogP contribution in [-0.4, -0.2) is 37.4 Å². The number of rotatable bonds is 8. The summed E-state index contributed by atoms with van der Waals surface area (Å²) in [5.74, 6) is 0.686. The SMILES string of the molecule is CCCNC1(C(=O)OCC)CCCC(OCC2CC2)C1. The topological polar surface area (TPSA) is 47.6 Å². The molecule has 116 valence electrons. The molecule has 2 rings (SSSR count). The Morgan fingerprint density at radius 2 is 2.10 bits per heavy atom. The van der Waals surface area contributed by atoms with Gasteiger partial charge in [-0.1, -0.05) is 6.92 Å². The van der Waals surface area contributed by atoms with Crippen molar-refractivity contribution in [1.29, 1.82) is 0 Å². The first-order valence-electron chi connectivity index (χ1n) is 8.24. The van der Waals surface area contributed by atoms with Gasteiger partial charge in [0.25, 0.3) is 0 Å². The average molecular weight is 283 g/mol. The molecule has 2 fully saturated rings. The van der Waals surface area contributed by atoms with E-state index >= 15 is 0 Å². The minimum Gasteiger partial charge on any atom is -0.465 e. The molecule has 2 unspecified atom stereocenters. The molecule has 0 saturated heterocycles. The molecule has 4 heteroatoms. The van der Waals surface area contributed by atoms with Crippen molar-refractivity contribution < 1.29 is 14.3 Å². The van der Waals surface area contributed by atoms with Gasteiger partial charge in [-0.25, -0.2) is 0 Å². The van der Waals surface area contributed by atoms with E-state index in [1.54, 1.807) is 0 Å². The van der Waals surface area contributed by atoms with E-state index in [9.17, 15) is 4.79 Å². The summed E-state index contributed by atoms with van der Waals surface area (Å²) in [5, 5.41) is 3.45. The number of esters is 1. The molecular formula is C16H29NO3. The summed E-state index contributed by atoms with van der Waals surface area (Å²) in [6.07, 6.45) is 7.58. The molecule has 2 saturated carbocycles. The van der Waals surface area contributed by atoms with Gasteiger partial charge in [-0.3, -0.25) is 4.79 Å². The number of hydrogen-bond donors (Lipinski definition) is 1. The maximum Gasteiger partial charge on any atom is 0.326 e. The van der Waals surface area contributed by atoms with Gasteiger partial charge in [-0.2, -0.15) is 0 Å². The highest BCUT2D eigenvalue weighted by Crippen LogP contribution is 2.34. The molecule has 0 amide bonds. The van der Waals surface area contributed by atoms with Crippen molar-refractivity contribution in [3.63, 3.8) is 0 Å². The highest BCUT2D eigenvalue weighted by Gasteiger charge is 2.44. The predicted molar refractivity (Wildman–Crippen MR) is 78.6 cm³/mol. The number of carbonyl (C=O) groups excluding carboxylic acids is 1. The van der Waals surface area contributed by atoms with Crippen molar-refractivity contribution in [2.45, 2.75) is 70.4 Å². The summed E-state index contributed by atoms with van der Waals surface area (Å²) in [6, 6.07) is 0. The van der Waals surface area contributed by atoms with Gasteiger partial charge in [0.1, 0.15) is 5.54 Å². The first kappa shape index (κ1) is 15.8. The van der Waals surface area contributed by atoms with Crippen molar-refractivity contribution in [3.8, 4) is 0 Å². The molecule has 0 aliphatic heterocycles. The third-order valence-electron chi connectivity index (χ3n) is 4.35. The van der Waals surface area contributed by atoms with Crippen molar-refractivity contribution in [2.75, 3.05) is 19.8 Å². The fraction of sp³-hybridized carbons (Fsp3) is 0.938. The predicted octanol–water partition coefficient (Wildman–Crippen LogP) is 2.66. The van der Waals surface area contributed by atoms with Gasteiger partial charge in [0.05, 0.1) is 12.7 Å². The fourth-order valence-corrected chi connectivity index (χ4v) is 2.97. The van der Waals surface area contributed by atoms with E-state index in [0.717, 1.165) is 51.2 Å². The lowest BCUT2D eigenvalue weighted by Gasteiger charge is -2.39. The van der Waals surface area contributed by atoms with Crippen molar-refractivity contribution >= 4 is 5.97 Å². The van der Waals surface area contributed by atoms with Crippen molar-refractivity contribution in [2.24, 2.45) is 5.92 Å². The highest BCUT2D eigenvalue weighted by atomic mass is 16.5. The lowest BCUT2D eigenvalue weighted by molar-refractivity contribution is -0.155. The first-order valence-corrected chi connectivity index (χ1v) is 8.24. The Bertz CT molecular complexity index is 317. The number of hydrogen-bond acceptors (Lipinski definition) is 4. The maximum absolute atomic E-state index is 12.4. The van der Waals surface area contributed by atoms with Crippen molar-refractivity contribution in [3.05, 3.63) is 0 Å². The molecule has 2 atom stereocenters. The second kappa shape index (κ2) is 7.41. The highest BCUT2D eigenvalue weighted by molar-refractivity contribution is 5.81. The van der Waals surface area contributed by atoms with Gasteiger partial charge in [-0.05, 0) is 57.9 Å². The van der Waals surface area contributed by atoms with Crippen LogP contribution in [0, 0.1) is 5.92 Å². The smallest absolute Gasteiger partial charge is 0.326 e. The molecule has 0 aromatic heterocycles. The Labute approximate surface area is 122 Å². The van der Waals surface area contributed by atoms with Crippen LogP contribution < -0.4 is 5.32 Å². The number of nitrogens with one attached hydrogen (secondary N) is 1. The zero-order chi connectivity index (χ0) is 14.4. The molecule has 2 aliphatic carbocycles. The second-order valence-corrected chi connectivity index (χ2v) is 6.22. The quantitative estimate of drug-likeness (QED) is 0.696. The van der Waals surface area contributed by atoms with E-state index in [1.807, 2.05) is 6.92 Å². The van der Waals surface area contributed by atoms with Crippen LogP contribution in [-0.2, 0) is 14.3 Å². The van der Waals surface area contributed by atoms with E-state index in [4.69, 9.17) is 9.47 Å². The molecule has 1 N–H and O–H groups in total. The fourth-order valence-electron chi connectivity index (χ4n) is 2.97. The average Bonchev–Trinajstić information content (AvgIpc) is 3.28. The molecular weight excluding hydrogens is 254 g/mol. The van der Waals surface area contributed by atoms with Crippen LogP contribution in [0.1, 0.15) is 58.8 Å². The number of carbonyl (C=O) groups is 1. The van der Waals surface area contributed by atoms with Gasteiger partial charge in [0.2, 0.25) is 0 Å². The zero-order valence-electron chi connectivity index (χ0n) is 13.0. The Balaban J connectivity index is 1.94. The van der Waals surface area contributed by atoms with Crippen LogP contribution in [0.2, 0.25) is 0 Å². The van der Waals surface area contributed by atoms with Gasteiger partial charge in [0, 0.05) is 13.0 Å². The van der Waals surface area contributed by atoms with E-state index in [2.05, 4.69) is 12.2 Å². The third-order valence-corrected chi connectivity index (χ3v) is 4.35. The van der Waals surface area contributed by atoms with Crippen molar-refractivity contribution in [1.82, 2.24) is 5.32 Å². The van der Waals surface area contributed by atoms with Gasteiger partial charge in [0.15, 0.2) is 0 Å². The Morgan fingerprint density at radius 3 is 2.75 bits per heavy atom. The van der Waals surface area contributed by atoms with Crippen LogP contribution in [0.15, 0.2) is 0 Å². The summed E-state index contributed by atoms with van der Waals surface area (Å²) in [4.78, 5) is 12.4. The normalized spacial score (nSPS) is 30.2. The van der Waals surface area contributed by atoms with Crippen LogP contribution in [0.3, 0.4) is 0 Å². The maximum atomic E-state index is 12.4. The summed E-state index contributed by atoms with van der Waals surface area (Å²) < 4.78 is 11.3. The minimum absolute atomic E-state index is 0.0897. The van der Waals surface area contributed by atoms with Crippen LogP contribution in [0.25, 0.3) is 0 Å². The van der Waals surface area contributed by atoms with E-state index < -0.39 is 5.54 Å². The van der Waals surface area contributed by atoms with E-state index in [1.165, 1.54) is 12.8 Å². The largest absolute Gasteiger partial charge is 0.465 e. The molecule has 0 heterocycles. The number of ether oxygens (including phenoxy) is 2. The van der Waals surface area contributed by atoms with Crippen LogP contribution in [0.4, 0.5) is 0 Å². The molecule has 20 heavy (non-hydrogen) atoms. The van der Waals surface area contributed by atoms with Crippen LogP contribution >= 0.6 is 0 Å². The molecule has 0 spiro atoms. The van der Waals surface area contributed by atoms with Crippen LogP contribution in [0.5, 0.6) is 0 Å².